The molecule has 5 rings (SSSR count). The zero-order valence-electron chi connectivity index (χ0n) is 17.5. The summed E-state index contributed by atoms with van der Waals surface area (Å²) in [4.78, 5) is 26.4. The molecule has 3 heterocycles. The lowest BCUT2D eigenvalue weighted by Gasteiger charge is -2.17. The van der Waals surface area contributed by atoms with Gasteiger partial charge in [-0.05, 0) is 42.5 Å². The number of nitrogens with one attached hydrogen (secondary N) is 1. The predicted molar refractivity (Wildman–Crippen MR) is 130 cm³/mol. The highest BCUT2D eigenvalue weighted by Crippen LogP contribution is 2.37. The van der Waals surface area contributed by atoms with Crippen LogP contribution in [-0.2, 0) is 0 Å². The predicted octanol–water partition coefficient (Wildman–Crippen LogP) is 6.18. The zero-order valence-corrected chi connectivity index (χ0v) is 19.0. The maximum Gasteiger partial charge on any atom is 0.187 e. The van der Waals surface area contributed by atoms with Crippen LogP contribution in [0.15, 0.2) is 65.1 Å². The van der Waals surface area contributed by atoms with Crippen molar-refractivity contribution < 1.29 is 19.0 Å². The highest BCUT2D eigenvalue weighted by atomic mass is 35.5. The normalized spacial score (nSPS) is 12.8. The van der Waals surface area contributed by atoms with E-state index in [1.54, 1.807) is 36.5 Å². The molecule has 10 heteroatoms. The number of ketones is 1. The van der Waals surface area contributed by atoms with Crippen LogP contribution >= 0.6 is 22.9 Å². The molecule has 34 heavy (non-hydrogen) atoms. The summed E-state index contributed by atoms with van der Waals surface area (Å²) in [6, 6.07) is 12.3. The number of fused-ring (bicyclic) bond motifs is 1. The Morgan fingerprint density at radius 2 is 2.00 bits per heavy atom. The van der Waals surface area contributed by atoms with Crippen molar-refractivity contribution in [2.75, 3.05) is 11.9 Å². The highest BCUT2D eigenvalue weighted by Gasteiger charge is 2.25. The van der Waals surface area contributed by atoms with E-state index in [2.05, 4.69) is 20.3 Å². The minimum atomic E-state index is -0.536. The number of thiazole rings is 1. The van der Waals surface area contributed by atoms with Gasteiger partial charge >= 0.3 is 0 Å². The number of hydrogen-bond acceptors (Lipinski definition) is 8. The van der Waals surface area contributed by atoms with E-state index in [0.717, 1.165) is 5.69 Å². The van der Waals surface area contributed by atoms with Crippen molar-refractivity contribution in [3.8, 4) is 22.9 Å². The van der Waals surface area contributed by atoms with Gasteiger partial charge in [-0.15, -0.1) is 11.3 Å². The van der Waals surface area contributed by atoms with Crippen molar-refractivity contribution in [3.05, 3.63) is 76.5 Å². The number of benzene rings is 2. The average molecular weight is 495 g/mol. The number of aromatic hydroxyl groups is 1. The van der Waals surface area contributed by atoms with Gasteiger partial charge in [0.15, 0.2) is 10.9 Å². The maximum absolute atomic E-state index is 13.4. The standard InChI is InChI=1S/C24H16ClFN4O3S/c25-18-10-16(5-6-19(18)26)33-11-14-9-21(32)17-7-8-27-23(22(17)28-14)20-12-34-24(30-20)29-13-1-3-15(31)4-2-13/h1-8,10,12,31H,9,11H2,(H,29,30). The first-order valence-electron chi connectivity index (χ1n) is 10.1. The molecule has 0 saturated heterocycles. The van der Waals surface area contributed by atoms with Gasteiger partial charge in [0.2, 0.25) is 0 Å². The SMILES string of the molecule is O=C1CC(COc2ccc(F)c(Cl)c2)=Nc2c1ccnc2-c1csc(Nc2ccc(O)cc2)n1. The van der Waals surface area contributed by atoms with Gasteiger partial charge in [0.05, 0.1) is 17.2 Å². The summed E-state index contributed by atoms with van der Waals surface area (Å²) >= 11 is 7.18. The molecule has 2 aromatic heterocycles. The summed E-state index contributed by atoms with van der Waals surface area (Å²) in [6.45, 7) is 0.0478. The summed E-state index contributed by atoms with van der Waals surface area (Å²) in [6.07, 6.45) is 1.67. The number of aliphatic imine (C=N–C) groups is 1. The van der Waals surface area contributed by atoms with E-state index in [1.807, 2.05) is 5.38 Å². The Balaban J connectivity index is 1.40. The van der Waals surface area contributed by atoms with Gasteiger partial charge in [-0.3, -0.25) is 14.8 Å². The van der Waals surface area contributed by atoms with E-state index in [-0.39, 0.29) is 29.6 Å². The molecular formula is C24H16ClFN4O3S. The lowest BCUT2D eigenvalue weighted by molar-refractivity contribution is 0.0998. The smallest absolute Gasteiger partial charge is 0.187 e. The molecule has 0 unspecified atom stereocenters. The zero-order chi connectivity index (χ0) is 23.7. The molecule has 0 spiro atoms. The number of Topliss-reactive ketones (excluding diaryl/α,β-unsaturated/α-hetero) is 1. The quantitative estimate of drug-likeness (QED) is 0.310. The van der Waals surface area contributed by atoms with Gasteiger partial charge in [-0.25, -0.2) is 9.37 Å². The summed E-state index contributed by atoms with van der Waals surface area (Å²) in [5.74, 6) is -0.0769. The van der Waals surface area contributed by atoms with Crippen molar-refractivity contribution in [2.24, 2.45) is 4.99 Å². The van der Waals surface area contributed by atoms with Crippen LogP contribution in [0, 0.1) is 5.82 Å². The highest BCUT2D eigenvalue weighted by molar-refractivity contribution is 7.14. The number of aromatic nitrogens is 2. The van der Waals surface area contributed by atoms with E-state index in [9.17, 15) is 14.3 Å². The first kappa shape index (κ1) is 22.0. The van der Waals surface area contributed by atoms with Gasteiger partial charge < -0.3 is 15.2 Å². The molecule has 0 saturated carbocycles. The van der Waals surface area contributed by atoms with Gasteiger partial charge in [0, 0.05) is 28.9 Å². The van der Waals surface area contributed by atoms with Crippen LogP contribution in [0.5, 0.6) is 11.5 Å². The Morgan fingerprint density at radius 1 is 1.18 bits per heavy atom. The first-order valence-corrected chi connectivity index (χ1v) is 11.4. The molecule has 0 radical (unpaired) electrons. The maximum atomic E-state index is 13.4. The van der Waals surface area contributed by atoms with E-state index in [4.69, 9.17) is 16.3 Å². The average Bonchev–Trinajstić information content (AvgIpc) is 3.29. The molecule has 0 fully saturated rings. The molecule has 1 aliphatic rings. The number of pyridine rings is 1. The van der Waals surface area contributed by atoms with Crippen molar-refractivity contribution in [3.63, 3.8) is 0 Å². The van der Waals surface area contributed by atoms with Gasteiger partial charge in [0.25, 0.3) is 0 Å². The lowest BCUT2D eigenvalue weighted by atomic mass is 9.99. The Bertz CT molecular complexity index is 1420. The van der Waals surface area contributed by atoms with Gasteiger partial charge in [-0.1, -0.05) is 11.6 Å². The molecule has 7 nitrogen and oxygen atoms in total. The fourth-order valence-electron chi connectivity index (χ4n) is 3.38. The van der Waals surface area contributed by atoms with Gasteiger partial charge in [0.1, 0.15) is 41.0 Å². The third kappa shape index (κ3) is 4.61. The third-order valence-electron chi connectivity index (χ3n) is 5.02. The summed E-state index contributed by atoms with van der Waals surface area (Å²) in [5, 5.41) is 15.0. The van der Waals surface area contributed by atoms with Crippen LogP contribution in [-0.4, -0.2) is 33.2 Å². The van der Waals surface area contributed by atoms with Crippen LogP contribution in [0.4, 0.5) is 20.9 Å². The van der Waals surface area contributed by atoms with Crippen molar-refractivity contribution in [2.45, 2.75) is 6.42 Å². The topological polar surface area (TPSA) is 96.7 Å². The van der Waals surface area contributed by atoms with E-state index < -0.39 is 5.82 Å². The van der Waals surface area contributed by atoms with Crippen LogP contribution in [0.1, 0.15) is 16.8 Å². The van der Waals surface area contributed by atoms with Crippen molar-refractivity contribution in [1.29, 1.82) is 0 Å². The number of halogens is 2. The Kier molecular flexibility index (Phi) is 5.95. The molecule has 0 atom stereocenters. The van der Waals surface area contributed by atoms with E-state index in [0.29, 0.717) is 39.2 Å². The Morgan fingerprint density at radius 3 is 2.79 bits per heavy atom. The van der Waals surface area contributed by atoms with Crippen LogP contribution in [0.25, 0.3) is 11.4 Å². The minimum absolute atomic E-state index is 0.0451. The second-order valence-corrected chi connectivity index (χ2v) is 8.67. The van der Waals surface area contributed by atoms with Crippen molar-refractivity contribution in [1.82, 2.24) is 9.97 Å². The lowest BCUT2D eigenvalue weighted by Crippen LogP contribution is -2.20. The minimum Gasteiger partial charge on any atom is -0.508 e. The molecular weight excluding hydrogens is 479 g/mol. The fraction of sp³-hybridized carbons (Fsp3) is 0.0833. The number of phenolic OH excluding ortho intramolecular Hbond substituents is 1. The monoisotopic (exact) mass is 494 g/mol. The second kappa shape index (κ2) is 9.20. The Hall–Kier alpha value is -3.82. The van der Waals surface area contributed by atoms with Crippen LogP contribution in [0.2, 0.25) is 5.02 Å². The number of rotatable bonds is 6. The number of ether oxygens (including phenoxy) is 1. The molecule has 170 valence electrons. The fourth-order valence-corrected chi connectivity index (χ4v) is 4.27. The molecule has 2 aromatic carbocycles. The molecule has 0 bridgehead atoms. The summed E-state index contributed by atoms with van der Waals surface area (Å²) in [7, 11) is 0. The second-order valence-electron chi connectivity index (χ2n) is 7.41. The largest absolute Gasteiger partial charge is 0.508 e. The molecule has 2 N–H and O–H groups in total. The number of nitrogens with zero attached hydrogens (tertiary/aromatic N) is 3. The Labute approximate surface area is 202 Å². The van der Waals surface area contributed by atoms with E-state index in [1.165, 1.54) is 29.5 Å². The first-order chi connectivity index (χ1) is 16.5. The third-order valence-corrected chi connectivity index (χ3v) is 6.07. The summed E-state index contributed by atoms with van der Waals surface area (Å²) < 4.78 is 19.0. The number of carbonyl (C=O) groups excluding carboxylic acids is 1. The molecule has 1 aliphatic heterocycles. The number of hydrogen-bond donors (Lipinski definition) is 2. The number of anilines is 2. The summed E-state index contributed by atoms with van der Waals surface area (Å²) in [5.41, 5.74) is 3.27. The van der Waals surface area contributed by atoms with Crippen LogP contribution in [0.3, 0.4) is 0 Å². The number of phenols is 1. The molecule has 4 aromatic rings. The van der Waals surface area contributed by atoms with Gasteiger partial charge in [-0.2, -0.15) is 0 Å². The van der Waals surface area contributed by atoms with E-state index >= 15 is 0 Å². The number of carbonyl (C=O) groups is 1. The molecule has 0 amide bonds. The van der Waals surface area contributed by atoms with Crippen molar-refractivity contribution >= 4 is 50.9 Å². The molecule has 0 aliphatic carbocycles. The van der Waals surface area contributed by atoms with Crippen LogP contribution < -0.4 is 10.1 Å².